The van der Waals surface area contributed by atoms with Gasteiger partial charge in [0.15, 0.2) is 10.5 Å². The standard InChI is InChI=1S/C9H6FN3S/c10-7-8(12-5-13-9(7)14)6-2-1-3-11-4-6/h1-5H,(H,12,13,14). The lowest BCUT2D eigenvalue weighted by Gasteiger charge is -2.01. The Labute approximate surface area is 84.7 Å². The van der Waals surface area contributed by atoms with Gasteiger partial charge in [0, 0.05) is 18.0 Å². The molecule has 0 saturated carbocycles. The third-order valence-electron chi connectivity index (χ3n) is 1.75. The van der Waals surface area contributed by atoms with E-state index >= 15 is 0 Å². The number of hydrogen-bond donors (Lipinski definition) is 1. The highest BCUT2D eigenvalue weighted by Crippen LogP contribution is 2.17. The molecule has 1 N–H and O–H groups in total. The monoisotopic (exact) mass is 207 g/mol. The molecule has 2 aromatic rings. The summed E-state index contributed by atoms with van der Waals surface area (Å²) >= 11 is 4.71. The zero-order chi connectivity index (χ0) is 9.97. The first-order valence-corrected chi connectivity index (χ1v) is 4.33. The summed E-state index contributed by atoms with van der Waals surface area (Å²) in [5.41, 5.74) is 0.969. The lowest BCUT2D eigenvalue weighted by atomic mass is 10.2. The van der Waals surface area contributed by atoms with Gasteiger partial charge in [-0.25, -0.2) is 9.37 Å². The van der Waals surface area contributed by atoms with Crippen molar-refractivity contribution >= 4 is 12.2 Å². The molecular weight excluding hydrogens is 201 g/mol. The van der Waals surface area contributed by atoms with Crippen molar-refractivity contribution in [3.05, 3.63) is 41.3 Å². The van der Waals surface area contributed by atoms with Gasteiger partial charge in [-0.15, -0.1) is 0 Å². The van der Waals surface area contributed by atoms with E-state index in [0.29, 0.717) is 11.3 Å². The number of rotatable bonds is 1. The van der Waals surface area contributed by atoms with Crippen LogP contribution in [0, 0.1) is 10.5 Å². The molecule has 0 atom stereocenters. The number of nitrogens with zero attached hydrogens (tertiary/aromatic N) is 2. The second-order valence-corrected chi connectivity index (χ2v) is 3.03. The van der Waals surface area contributed by atoms with Crippen LogP contribution in [-0.4, -0.2) is 15.0 Å². The number of pyridine rings is 1. The van der Waals surface area contributed by atoms with Crippen LogP contribution in [0.4, 0.5) is 4.39 Å². The van der Waals surface area contributed by atoms with Gasteiger partial charge in [0.1, 0.15) is 0 Å². The molecule has 0 unspecified atom stereocenters. The molecule has 0 radical (unpaired) electrons. The van der Waals surface area contributed by atoms with Crippen LogP contribution in [0.25, 0.3) is 11.3 Å². The number of nitrogens with one attached hydrogen (secondary N) is 1. The van der Waals surface area contributed by atoms with E-state index in [1.54, 1.807) is 24.5 Å². The second-order valence-electron chi connectivity index (χ2n) is 2.64. The molecule has 70 valence electrons. The maximum absolute atomic E-state index is 13.5. The Bertz CT molecular complexity index is 495. The van der Waals surface area contributed by atoms with Crippen LogP contribution < -0.4 is 0 Å². The van der Waals surface area contributed by atoms with E-state index in [0.717, 1.165) is 0 Å². The van der Waals surface area contributed by atoms with Gasteiger partial charge >= 0.3 is 0 Å². The van der Waals surface area contributed by atoms with Crippen molar-refractivity contribution in [3.8, 4) is 11.3 Å². The molecule has 0 aliphatic heterocycles. The van der Waals surface area contributed by atoms with Gasteiger partial charge in [0.05, 0.1) is 12.0 Å². The van der Waals surface area contributed by atoms with Crippen molar-refractivity contribution in [3.63, 3.8) is 0 Å². The average molecular weight is 207 g/mol. The molecule has 0 aliphatic carbocycles. The van der Waals surface area contributed by atoms with E-state index in [2.05, 4.69) is 15.0 Å². The minimum atomic E-state index is -0.518. The summed E-state index contributed by atoms with van der Waals surface area (Å²) in [5.74, 6) is -0.518. The molecule has 0 aromatic carbocycles. The third kappa shape index (κ3) is 1.54. The molecule has 3 nitrogen and oxygen atoms in total. The summed E-state index contributed by atoms with van der Waals surface area (Å²) in [4.78, 5) is 10.2. The van der Waals surface area contributed by atoms with Gasteiger partial charge in [0.25, 0.3) is 0 Å². The molecule has 5 heteroatoms. The highest BCUT2D eigenvalue weighted by molar-refractivity contribution is 7.71. The van der Waals surface area contributed by atoms with Crippen LogP contribution in [0.1, 0.15) is 0 Å². The van der Waals surface area contributed by atoms with Crippen LogP contribution in [-0.2, 0) is 0 Å². The van der Waals surface area contributed by atoms with Crippen LogP contribution >= 0.6 is 12.2 Å². The van der Waals surface area contributed by atoms with Gasteiger partial charge in [-0.2, -0.15) is 0 Å². The second kappa shape index (κ2) is 3.63. The summed E-state index contributed by atoms with van der Waals surface area (Å²) in [6, 6.07) is 3.47. The fraction of sp³-hybridized carbons (Fsp3) is 0. The lowest BCUT2D eigenvalue weighted by Crippen LogP contribution is -1.92. The highest BCUT2D eigenvalue weighted by atomic mass is 32.1. The van der Waals surface area contributed by atoms with Crippen molar-refractivity contribution < 1.29 is 4.39 Å². The SMILES string of the molecule is Fc1c(-c2cccnc2)[nH]cnc1=S. The fourth-order valence-electron chi connectivity index (χ4n) is 1.10. The maximum atomic E-state index is 13.5. The summed E-state index contributed by atoms with van der Waals surface area (Å²) in [7, 11) is 0. The predicted molar refractivity (Wildman–Crippen MR) is 52.6 cm³/mol. The molecule has 0 fully saturated rings. The normalized spacial score (nSPS) is 10.1. The number of halogens is 1. The van der Waals surface area contributed by atoms with Crippen molar-refractivity contribution in [2.24, 2.45) is 0 Å². The van der Waals surface area contributed by atoms with Gasteiger partial charge in [-0.1, -0.05) is 12.2 Å². The number of aromatic nitrogens is 3. The smallest absolute Gasteiger partial charge is 0.183 e. The van der Waals surface area contributed by atoms with Crippen molar-refractivity contribution in [1.29, 1.82) is 0 Å². The topological polar surface area (TPSA) is 41.6 Å². The lowest BCUT2D eigenvalue weighted by molar-refractivity contribution is 0.613. The Morgan fingerprint density at radius 3 is 3.00 bits per heavy atom. The quantitative estimate of drug-likeness (QED) is 0.730. The predicted octanol–water partition coefficient (Wildman–Crippen LogP) is 2.34. The fourth-order valence-corrected chi connectivity index (χ4v) is 1.26. The molecular formula is C9H6FN3S. The first kappa shape index (κ1) is 8.96. The first-order chi connectivity index (χ1) is 6.79. The number of H-pyrrole nitrogens is 1. The van der Waals surface area contributed by atoms with Crippen LogP contribution in [0.15, 0.2) is 30.9 Å². The van der Waals surface area contributed by atoms with E-state index in [4.69, 9.17) is 12.2 Å². The summed E-state index contributed by atoms with van der Waals surface area (Å²) in [6.07, 6.45) is 4.55. The maximum Gasteiger partial charge on any atom is 0.183 e. The first-order valence-electron chi connectivity index (χ1n) is 3.92. The number of aromatic amines is 1. The zero-order valence-corrected chi connectivity index (χ0v) is 7.88. The van der Waals surface area contributed by atoms with E-state index in [1.165, 1.54) is 6.33 Å². The minimum Gasteiger partial charge on any atom is -0.343 e. The Kier molecular flexibility index (Phi) is 2.32. The molecule has 0 aliphatic rings. The van der Waals surface area contributed by atoms with Gasteiger partial charge in [0.2, 0.25) is 0 Å². The van der Waals surface area contributed by atoms with Crippen LogP contribution in [0.3, 0.4) is 0 Å². The Balaban J connectivity index is 2.64. The Morgan fingerprint density at radius 1 is 1.43 bits per heavy atom. The van der Waals surface area contributed by atoms with E-state index in [1.807, 2.05) is 0 Å². The summed E-state index contributed by atoms with van der Waals surface area (Å²) in [5, 5.41) is 0. The van der Waals surface area contributed by atoms with Crippen LogP contribution in [0.2, 0.25) is 0 Å². The third-order valence-corrected chi connectivity index (χ3v) is 2.03. The van der Waals surface area contributed by atoms with Crippen molar-refractivity contribution in [1.82, 2.24) is 15.0 Å². The summed E-state index contributed by atoms with van der Waals surface area (Å²) in [6.45, 7) is 0. The molecule has 14 heavy (non-hydrogen) atoms. The molecule has 0 spiro atoms. The van der Waals surface area contributed by atoms with E-state index in [9.17, 15) is 4.39 Å². The van der Waals surface area contributed by atoms with E-state index < -0.39 is 5.82 Å². The molecule has 0 saturated heterocycles. The Morgan fingerprint density at radius 2 is 2.29 bits per heavy atom. The van der Waals surface area contributed by atoms with Gasteiger partial charge in [-0.3, -0.25) is 4.98 Å². The molecule has 0 amide bonds. The highest BCUT2D eigenvalue weighted by Gasteiger charge is 2.06. The molecule has 0 bridgehead atoms. The van der Waals surface area contributed by atoms with Crippen molar-refractivity contribution in [2.75, 3.05) is 0 Å². The van der Waals surface area contributed by atoms with E-state index in [-0.39, 0.29) is 4.64 Å². The van der Waals surface area contributed by atoms with Crippen LogP contribution in [0.5, 0.6) is 0 Å². The molecule has 2 rings (SSSR count). The Hall–Kier alpha value is -1.62. The zero-order valence-electron chi connectivity index (χ0n) is 7.07. The molecule has 2 aromatic heterocycles. The largest absolute Gasteiger partial charge is 0.343 e. The summed E-state index contributed by atoms with van der Waals surface area (Å²) < 4.78 is 13.4. The van der Waals surface area contributed by atoms with Gasteiger partial charge in [-0.05, 0) is 12.1 Å². The minimum absolute atomic E-state index is 0.0393. The number of hydrogen-bond acceptors (Lipinski definition) is 3. The van der Waals surface area contributed by atoms with Crippen molar-refractivity contribution in [2.45, 2.75) is 0 Å². The van der Waals surface area contributed by atoms with Gasteiger partial charge < -0.3 is 4.98 Å². The molecule has 2 heterocycles. The average Bonchev–Trinajstić information content (AvgIpc) is 2.23.